The van der Waals surface area contributed by atoms with Gasteiger partial charge in [-0.25, -0.2) is 9.59 Å². The lowest BCUT2D eigenvalue weighted by Crippen LogP contribution is -2.20. The summed E-state index contributed by atoms with van der Waals surface area (Å²) in [5.74, 6) is 0.204. The Morgan fingerprint density at radius 3 is 2.32 bits per heavy atom. The van der Waals surface area contributed by atoms with Crippen molar-refractivity contribution in [3.05, 3.63) is 89.5 Å². The highest BCUT2D eigenvalue weighted by Gasteiger charge is 2.17. The van der Waals surface area contributed by atoms with Crippen molar-refractivity contribution in [2.75, 3.05) is 19.8 Å². The molecule has 0 aliphatic carbocycles. The Kier molecular flexibility index (Phi) is 7.65. The summed E-state index contributed by atoms with van der Waals surface area (Å²) in [4.78, 5) is 24.7. The van der Waals surface area contributed by atoms with Crippen molar-refractivity contribution in [3.8, 4) is 17.2 Å². The molecule has 0 fully saturated rings. The molecular weight excluding hydrogens is 396 g/mol. The Hall–Kier alpha value is -3.80. The molecule has 0 N–H and O–H groups in total. The van der Waals surface area contributed by atoms with E-state index in [0.717, 1.165) is 11.1 Å². The van der Waals surface area contributed by atoms with Crippen molar-refractivity contribution in [1.29, 1.82) is 0 Å². The zero-order chi connectivity index (χ0) is 22.1. The highest BCUT2D eigenvalue weighted by atomic mass is 16.6. The molecule has 0 aromatic heterocycles. The van der Waals surface area contributed by atoms with Crippen LogP contribution in [-0.4, -0.2) is 31.8 Å². The molecule has 160 valence electrons. The lowest BCUT2D eigenvalue weighted by molar-refractivity contribution is -0.136. The molecule has 0 unspecified atom stereocenters. The molecule has 0 heterocycles. The first-order valence-corrected chi connectivity index (χ1v) is 9.87. The van der Waals surface area contributed by atoms with E-state index in [2.05, 4.69) is 0 Å². The molecule has 3 rings (SSSR count). The fourth-order valence-corrected chi connectivity index (χ4v) is 2.76. The van der Waals surface area contributed by atoms with E-state index in [1.807, 2.05) is 62.4 Å². The summed E-state index contributed by atoms with van der Waals surface area (Å²) in [5, 5.41) is 0. The largest absolute Gasteiger partial charge is 0.490 e. The second-order valence-corrected chi connectivity index (χ2v) is 6.83. The molecule has 0 spiro atoms. The topological polar surface area (TPSA) is 71.1 Å². The molecule has 0 radical (unpaired) electrons. The van der Waals surface area contributed by atoms with E-state index in [-0.39, 0.29) is 31.1 Å². The van der Waals surface area contributed by atoms with Gasteiger partial charge in [-0.1, -0.05) is 42.5 Å². The normalized spacial score (nSPS) is 10.3. The van der Waals surface area contributed by atoms with Crippen LogP contribution < -0.4 is 14.2 Å². The quantitative estimate of drug-likeness (QED) is 0.288. The van der Waals surface area contributed by atoms with Crippen molar-refractivity contribution in [3.63, 3.8) is 0 Å². The number of aryl methyl sites for hydroxylation is 2. The Morgan fingerprint density at radius 2 is 1.52 bits per heavy atom. The summed E-state index contributed by atoms with van der Waals surface area (Å²) in [6, 6.07) is 21.4. The average molecular weight is 420 g/mol. The fraction of sp³-hybridized carbons (Fsp3) is 0.200. The summed E-state index contributed by atoms with van der Waals surface area (Å²) < 4.78 is 21.6. The van der Waals surface area contributed by atoms with E-state index in [4.69, 9.17) is 18.9 Å². The van der Waals surface area contributed by atoms with E-state index >= 15 is 0 Å². The molecule has 0 aliphatic rings. The zero-order valence-corrected chi connectivity index (χ0v) is 17.5. The highest BCUT2D eigenvalue weighted by Crippen LogP contribution is 2.21. The molecule has 0 atom stereocenters. The number of hydrogen-bond acceptors (Lipinski definition) is 6. The second-order valence-electron chi connectivity index (χ2n) is 6.83. The van der Waals surface area contributed by atoms with E-state index in [0.29, 0.717) is 11.5 Å². The van der Waals surface area contributed by atoms with Crippen molar-refractivity contribution in [1.82, 2.24) is 0 Å². The van der Waals surface area contributed by atoms with Gasteiger partial charge in [0, 0.05) is 0 Å². The van der Waals surface area contributed by atoms with Crippen LogP contribution in [0, 0.1) is 13.8 Å². The minimum atomic E-state index is -0.617. The second kappa shape index (κ2) is 10.8. The van der Waals surface area contributed by atoms with Gasteiger partial charge in [-0.05, 0) is 55.3 Å². The molecule has 0 saturated heterocycles. The smallest absolute Gasteiger partial charge is 0.349 e. The fourth-order valence-electron chi connectivity index (χ4n) is 2.76. The maximum absolute atomic E-state index is 12.4. The molecule has 3 aromatic carbocycles. The summed E-state index contributed by atoms with van der Waals surface area (Å²) in [6.45, 7) is 3.83. The first-order valence-electron chi connectivity index (χ1n) is 9.87. The van der Waals surface area contributed by atoms with Crippen LogP contribution in [-0.2, 0) is 9.53 Å². The highest BCUT2D eigenvalue weighted by molar-refractivity contribution is 5.93. The van der Waals surface area contributed by atoms with Gasteiger partial charge < -0.3 is 18.9 Å². The summed E-state index contributed by atoms with van der Waals surface area (Å²) in [7, 11) is 0. The number of hydrogen-bond donors (Lipinski definition) is 0. The van der Waals surface area contributed by atoms with Crippen molar-refractivity contribution in [2.24, 2.45) is 0 Å². The van der Waals surface area contributed by atoms with Crippen LogP contribution in [0.15, 0.2) is 72.8 Å². The Morgan fingerprint density at radius 1 is 0.774 bits per heavy atom. The van der Waals surface area contributed by atoms with Crippen LogP contribution in [0.5, 0.6) is 17.2 Å². The number of para-hydroxylation sites is 2. The van der Waals surface area contributed by atoms with Crippen LogP contribution in [0.4, 0.5) is 0 Å². The predicted molar refractivity (Wildman–Crippen MR) is 116 cm³/mol. The monoisotopic (exact) mass is 420 g/mol. The molecule has 6 nitrogen and oxygen atoms in total. The summed E-state index contributed by atoms with van der Waals surface area (Å²) >= 11 is 0. The molecular formula is C25H24O6. The van der Waals surface area contributed by atoms with Crippen LogP contribution in [0.3, 0.4) is 0 Å². The number of carbonyl (C=O) groups is 2. The molecule has 0 amide bonds. The first kappa shape index (κ1) is 21.9. The third kappa shape index (κ3) is 6.60. The van der Waals surface area contributed by atoms with Gasteiger partial charge in [-0.15, -0.1) is 0 Å². The Balaban J connectivity index is 1.52. The molecule has 0 bridgehead atoms. The van der Waals surface area contributed by atoms with E-state index in [1.165, 1.54) is 12.1 Å². The van der Waals surface area contributed by atoms with E-state index in [1.54, 1.807) is 12.1 Å². The van der Waals surface area contributed by atoms with Gasteiger partial charge in [0.25, 0.3) is 0 Å². The predicted octanol–water partition coefficient (Wildman–Crippen LogP) is 4.52. The SMILES string of the molecule is Cc1ccc(C)c(OCC(=O)Oc2ccccc2C(=O)OCCOc2ccccc2)c1. The van der Waals surface area contributed by atoms with Gasteiger partial charge in [0.2, 0.25) is 0 Å². The minimum Gasteiger partial charge on any atom is -0.490 e. The Labute approximate surface area is 181 Å². The van der Waals surface area contributed by atoms with Crippen molar-refractivity contribution < 1.29 is 28.5 Å². The lowest BCUT2D eigenvalue weighted by atomic mass is 10.1. The molecule has 0 saturated carbocycles. The number of ether oxygens (including phenoxy) is 4. The third-order valence-electron chi connectivity index (χ3n) is 4.35. The average Bonchev–Trinajstić information content (AvgIpc) is 2.78. The van der Waals surface area contributed by atoms with Crippen LogP contribution >= 0.6 is 0 Å². The standard InChI is InChI=1S/C25H24O6/c1-18-12-13-19(2)23(16-18)30-17-24(26)31-22-11-7-6-10-21(22)25(27)29-15-14-28-20-8-4-3-5-9-20/h3-13,16H,14-15,17H2,1-2H3. The maximum atomic E-state index is 12.4. The number of esters is 2. The number of benzene rings is 3. The van der Waals surface area contributed by atoms with E-state index in [9.17, 15) is 9.59 Å². The van der Waals surface area contributed by atoms with Gasteiger partial charge in [0.15, 0.2) is 6.61 Å². The minimum absolute atomic E-state index is 0.0613. The van der Waals surface area contributed by atoms with E-state index < -0.39 is 11.9 Å². The Bertz CT molecular complexity index is 1030. The summed E-state index contributed by atoms with van der Waals surface area (Å²) in [6.07, 6.45) is 0. The van der Waals surface area contributed by atoms with Gasteiger partial charge in [0.1, 0.15) is 36.0 Å². The first-order chi connectivity index (χ1) is 15.0. The van der Waals surface area contributed by atoms with Crippen molar-refractivity contribution in [2.45, 2.75) is 13.8 Å². The van der Waals surface area contributed by atoms with Crippen LogP contribution in [0.2, 0.25) is 0 Å². The maximum Gasteiger partial charge on any atom is 0.349 e. The molecule has 31 heavy (non-hydrogen) atoms. The number of carbonyl (C=O) groups excluding carboxylic acids is 2. The molecule has 0 aliphatic heterocycles. The van der Waals surface area contributed by atoms with Crippen LogP contribution in [0.1, 0.15) is 21.5 Å². The lowest BCUT2D eigenvalue weighted by Gasteiger charge is -2.12. The third-order valence-corrected chi connectivity index (χ3v) is 4.35. The van der Waals surface area contributed by atoms with Gasteiger partial charge in [0.05, 0.1) is 0 Å². The van der Waals surface area contributed by atoms with Crippen LogP contribution in [0.25, 0.3) is 0 Å². The molecule has 6 heteroatoms. The number of rotatable bonds is 9. The summed E-state index contributed by atoms with van der Waals surface area (Å²) in [5.41, 5.74) is 2.10. The zero-order valence-electron chi connectivity index (χ0n) is 17.5. The van der Waals surface area contributed by atoms with Crippen molar-refractivity contribution >= 4 is 11.9 Å². The van der Waals surface area contributed by atoms with Gasteiger partial charge >= 0.3 is 11.9 Å². The van der Waals surface area contributed by atoms with Gasteiger partial charge in [-0.3, -0.25) is 0 Å². The molecule has 3 aromatic rings. The van der Waals surface area contributed by atoms with Gasteiger partial charge in [-0.2, -0.15) is 0 Å².